The Kier molecular flexibility index (Phi) is 6.07. The molecular weight excluding hydrogens is 302 g/mol. The summed E-state index contributed by atoms with van der Waals surface area (Å²) in [6.07, 6.45) is 9.11. The Labute approximate surface area is 145 Å². The van der Waals surface area contributed by atoms with Crippen LogP contribution in [0.25, 0.3) is 0 Å². The van der Waals surface area contributed by atoms with Gasteiger partial charge in [0.05, 0.1) is 6.61 Å². The van der Waals surface area contributed by atoms with E-state index in [4.69, 9.17) is 4.74 Å². The van der Waals surface area contributed by atoms with Crippen LogP contribution in [-0.4, -0.2) is 54.7 Å². The molecule has 0 radical (unpaired) electrons. The van der Waals surface area contributed by atoms with E-state index in [1.807, 2.05) is 19.3 Å². The van der Waals surface area contributed by atoms with Crippen LogP contribution in [0.1, 0.15) is 39.0 Å². The smallest absolute Gasteiger partial charge is 0.306 e. The van der Waals surface area contributed by atoms with Crippen molar-refractivity contribution in [3.63, 3.8) is 0 Å². The van der Waals surface area contributed by atoms with Gasteiger partial charge in [-0.2, -0.15) is 0 Å². The van der Waals surface area contributed by atoms with Crippen molar-refractivity contribution in [2.75, 3.05) is 37.7 Å². The normalized spacial score (nSPS) is 25.5. The van der Waals surface area contributed by atoms with Crippen molar-refractivity contribution in [1.82, 2.24) is 9.88 Å². The van der Waals surface area contributed by atoms with E-state index < -0.39 is 0 Å². The van der Waals surface area contributed by atoms with E-state index in [0.29, 0.717) is 25.0 Å². The van der Waals surface area contributed by atoms with Gasteiger partial charge in [-0.25, -0.2) is 0 Å². The Hall–Kier alpha value is -1.62. The number of nitrogens with zero attached hydrogens (tertiary/aromatic N) is 3. The summed E-state index contributed by atoms with van der Waals surface area (Å²) in [5, 5.41) is 0. The number of carbonyl (C=O) groups excluding carboxylic acids is 1. The average molecular weight is 331 g/mol. The Morgan fingerprint density at radius 2 is 1.79 bits per heavy atom. The van der Waals surface area contributed by atoms with Gasteiger partial charge in [-0.3, -0.25) is 14.7 Å². The number of aromatic nitrogens is 1. The minimum atomic E-state index is -0.0214. The molecule has 0 bridgehead atoms. The van der Waals surface area contributed by atoms with Crippen molar-refractivity contribution < 1.29 is 9.53 Å². The van der Waals surface area contributed by atoms with Gasteiger partial charge in [-0.15, -0.1) is 0 Å². The fraction of sp³-hybridized carbons (Fsp3) is 0.684. The van der Waals surface area contributed by atoms with Crippen molar-refractivity contribution in [2.45, 2.75) is 45.1 Å². The van der Waals surface area contributed by atoms with Crippen LogP contribution >= 0.6 is 0 Å². The van der Waals surface area contributed by atoms with Crippen LogP contribution in [0, 0.1) is 5.92 Å². The molecule has 5 nitrogen and oxygen atoms in total. The molecule has 0 N–H and O–H groups in total. The van der Waals surface area contributed by atoms with Crippen molar-refractivity contribution in [2.24, 2.45) is 5.92 Å². The summed E-state index contributed by atoms with van der Waals surface area (Å²) < 4.78 is 5.08. The molecule has 0 aromatic carbocycles. The van der Waals surface area contributed by atoms with E-state index in [-0.39, 0.29) is 5.97 Å². The highest BCUT2D eigenvalue weighted by molar-refractivity contribution is 5.69. The molecule has 24 heavy (non-hydrogen) atoms. The van der Waals surface area contributed by atoms with Gasteiger partial charge >= 0.3 is 5.97 Å². The van der Waals surface area contributed by atoms with Gasteiger partial charge < -0.3 is 9.64 Å². The molecule has 132 valence electrons. The molecule has 0 unspecified atom stereocenters. The molecule has 1 aliphatic heterocycles. The van der Waals surface area contributed by atoms with Crippen LogP contribution in [0.3, 0.4) is 0 Å². The number of hydrogen-bond acceptors (Lipinski definition) is 5. The number of piperazine rings is 1. The van der Waals surface area contributed by atoms with E-state index in [9.17, 15) is 4.79 Å². The standard InChI is InChI=1S/C19H29N3O2/c1-2-24-19(23)15-16-3-5-17(6-4-16)21-11-13-22(14-12-21)18-7-9-20-10-8-18/h7-10,16-17H,2-6,11-15H2,1H3. The number of pyridine rings is 1. The second-order valence-corrected chi connectivity index (χ2v) is 6.91. The zero-order valence-corrected chi connectivity index (χ0v) is 14.7. The van der Waals surface area contributed by atoms with E-state index in [0.717, 1.165) is 39.0 Å². The highest BCUT2D eigenvalue weighted by Gasteiger charge is 2.29. The van der Waals surface area contributed by atoms with E-state index >= 15 is 0 Å². The van der Waals surface area contributed by atoms with E-state index in [2.05, 4.69) is 26.9 Å². The number of ether oxygens (including phenoxy) is 1. The largest absolute Gasteiger partial charge is 0.466 e. The minimum Gasteiger partial charge on any atom is -0.466 e. The Morgan fingerprint density at radius 3 is 2.42 bits per heavy atom. The van der Waals surface area contributed by atoms with E-state index in [1.165, 1.54) is 18.5 Å². The first-order chi connectivity index (χ1) is 11.8. The molecule has 2 aliphatic rings. The summed E-state index contributed by atoms with van der Waals surface area (Å²) in [6.45, 7) is 6.82. The first-order valence-corrected chi connectivity index (χ1v) is 9.31. The number of rotatable bonds is 5. The summed E-state index contributed by atoms with van der Waals surface area (Å²) in [4.78, 5) is 20.8. The van der Waals surface area contributed by atoms with Gasteiger partial charge in [0.15, 0.2) is 0 Å². The van der Waals surface area contributed by atoms with Crippen LogP contribution in [0.4, 0.5) is 5.69 Å². The number of hydrogen-bond donors (Lipinski definition) is 0. The second-order valence-electron chi connectivity index (χ2n) is 6.91. The molecule has 1 aromatic heterocycles. The van der Waals surface area contributed by atoms with Crippen molar-refractivity contribution in [1.29, 1.82) is 0 Å². The van der Waals surface area contributed by atoms with Crippen LogP contribution < -0.4 is 4.90 Å². The molecule has 5 heteroatoms. The third-order valence-corrected chi connectivity index (χ3v) is 5.44. The first-order valence-electron chi connectivity index (χ1n) is 9.31. The Balaban J connectivity index is 1.41. The predicted octanol–water partition coefficient (Wildman–Crippen LogP) is 2.72. The molecular formula is C19H29N3O2. The van der Waals surface area contributed by atoms with Gasteiger partial charge in [0.25, 0.3) is 0 Å². The Bertz CT molecular complexity index is 507. The zero-order chi connectivity index (χ0) is 16.8. The summed E-state index contributed by atoms with van der Waals surface area (Å²) in [7, 11) is 0. The van der Waals surface area contributed by atoms with Gasteiger partial charge in [0, 0.05) is 56.7 Å². The molecule has 1 aromatic rings. The van der Waals surface area contributed by atoms with Gasteiger partial charge in [-0.05, 0) is 50.7 Å². The molecule has 0 spiro atoms. The van der Waals surface area contributed by atoms with Crippen LogP contribution in [-0.2, 0) is 9.53 Å². The van der Waals surface area contributed by atoms with Crippen molar-refractivity contribution in [3.05, 3.63) is 24.5 Å². The highest BCUT2D eigenvalue weighted by atomic mass is 16.5. The summed E-state index contributed by atoms with van der Waals surface area (Å²) >= 11 is 0. The lowest BCUT2D eigenvalue weighted by Gasteiger charge is -2.42. The topological polar surface area (TPSA) is 45.7 Å². The van der Waals surface area contributed by atoms with Crippen LogP contribution in [0.5, 0.6) is 0 Å². The van der Waals surface area contributed by atoms with Crippen molar-refractivity contribution in [3.8, 4) is 0 Å². The fourth-order valence-electron chi connectivity index (χ4n) is 4.07. The molecule has 0 amide bonds. The van der Waals surface area contributed by atoms with E-state index in [1.54, 1.807) is 0 Å². The van der Waals surface area contributed by atoms with Crippen LogP contribution in [0.2, 0.25) is 0 Å². The zero-order valence-electron chi connectivity index (χ0n) is 14.7. The quantitative estimate of drug-likeness (QED) is 0.776. The lowest BCUT2D eigenvalue weighted by atomic mass is 9.83. The molecule has 1 aliphatic carbocycles. The Morgan fingerprint density at radius 1 is 1.12 bits per heavy atom. The number of anilines is 1. The van der Waals surface area contributed by atoms with Gasteiger partial charge in [-0.1, -0.05) is 0 Å². The maximum atomic E-state index is 11.6. The third-order valence-electron chi connectivity index (χ3n) is 5.44. The third kappa shape index (κ3) is 4.47. The molecule has 1 saturated heterocycles. The van der Waals surface area contributed by atoms with Crippen molar-refractivity contribution >= 4 is 11.7 Å². The van der Waals surface area contributed by atoms with Gasteiger partial charge in [0.2, 0.25) is 0 Å². The van der Waals surface area contributed by atoms with Gasteiger partial charge in [0.1, 0.15) is 0 Å². The summed E-state index contributed by atoms with van der Waals surface area (Å²) in [5.74, 6) is 0.505. The molecule has 0 atom stereocenters. The fourth-order valence-corrected chi connectivity index (χ4v) is 4.07. The molecule has 1 saturated carbocycles. The second kappa shape index (κ2) is 8.47. The molecule has 3 rings (SSSR count). The lowest BCUT2D eigenvalue weighted by molar-refractivity contribution is -0.144. The lowest BCUT2D eigenvalue weighted by Crippen LogP contribution is -2.51. The summed E-state index contributed by atoms with van der Waals surface area (Å²) in [5.41, 5.74) is 1.28. The first kappa shape index (κ1) is 17.2. The maximum absolute atomic E-state index is 11.6. The van der Waals surface area contributed by atoms with Crippen LogP contribution in [0.15, 0.2) is 24.5 Å². The number of carbonyl (C=O) groups is 1. The highest BCUT2D eigenvalue weighted by Crippen LogP contribution is 2.30. The number of esters is 1. The molecule has 2 fully saturated rings. The monoisotopic (exact) mass is 331 g/mol. The molecule has 2 heterocycles. The maximum Gasteiger partial charge on any atom is 0.306 e. The average Bonchev–Trinajstić information content (AvgIpc) is 2.63. The summed E-state index contributed by atoms with van der Waals surface area (Å²) in [6, 6.07) is 4.88. The SMILES string of the molecule is CCOC(=O)CC1CCC(N2CCN(c3ccncc3)CC2)CC1. The predicted molar refractivity (Wildman–Crippen MR) is 95.0 cm³/mol. The minimum absolute atomic E-state index is 0.0214.